The summed E-state index contributed by atoms with van der Waals surface area (Å²) in [6.45, 7) is 6.07. The van der Waals surface area contributed by atoms with Gasteiger partial charge in [0.25, 0.3) is 0 Å². The average molecular weight is 237 g/mol. The predicted octanol–water partition coefficient (Wildman–Crippen LogP) is 2.83. The first-order valence-corrected chi connectivity index (χ1v) is 7.60. The van der Waals surface area contributed by atoms with Crippen molar-refractivity contribution in [3.63, 3.8) is 0 Å². The second-order valence-corrected chi connectivity index (χ2v) is 6.68. The van der Waals surface area contributed by atoms with Gasteiger partial charge in [0, 0.05) is 18.7 Å². The topological polar surface area (TPSA) is 21.3 Å². The van der Waals surface area contributed by atoms with Crippen molar-refractivity contribution in [2.75, 3.05) is 13.2 Å². The lowest BCUT2D eigenvalue weighted by molar-refractivity contribution is -0.0212. The molecule has 2 nitrogen and oxygen atoms in total. The van der Waals surface area contributed by atoms with Crippen molar-refractivity contribution >= 4 is 0 Å². The third-order valence-corrected chi connectivity index (χ3v) is 5.28. The van der Waals surface area contributed by atoms with E-state index in [1.54, 1.807) is 6.42 Å². The lowest BCUT2D eigenvalue weighted by Gasteiger charge is -2.55. The van der Waals surface area contributed by atoms with Gasteiger partial charge in [-0.1, -0.05) is 0 Å². The Morgan fingerprint density at radius 2 is 1.65 bits per heavy atom. The Morgan fingerprint density at radius 1 is 1.06 bits per heavy atom. The molecule has 98 valence electrons. The summed E-state index contributed by atoms with van der Waals surface area (Å²) >= 11 is 0. The minimum atomic E-state index is 0.525. The van der Waals surface area contributed by atoms with Crippen LogP contribution in [0.15, 0.2) is 0 Å². The molecule has 4 rings (SSSR count). The molecule has 0 aromatic carbocycles. The van der Waals surface area contributed by atoms with Crippen LogP contribution in [-0.2, 0) is 4.74 Å². The zero-order chi connectivity index (χ0) is 11.8. The van der Waals surface area contributed by atoms with Crippen LogP contribution < -0.4 is 5.32 Å². The normalized spacial score (nSPS) is 45.2. The van der Waals surface area contributed by atoms with Crippen LogP contribution in [0.2, 0.25) is 0 Å². The summed E-state index contributed by atoms with van der Waals surface area (Å²) in [5, 5.41) is 3.87. The Morgan fingerprint density at radius 3 is 2.18 bits per heavy atom. The molecule has 17 heavy (non-hydrogen) atoms. The Hall–Kier alpha value is -0.0800. The fourth-order valence-corrected chi connectivity index (χ4v) is 4.87. The van der Waals surface area contributed by atoms with E-state index in [-0.39, 0.29) is 0 Å². The number of hydrogen-bond acceptors (Lipinski definition) is 2. The Balaban J connectivity index is 1.57. The van der Waals surface area contributed by atoms with E-state index < -0.39 is 0 Å². The summed E-state index contributed by atoms with van der Waals surface area (Å²) in [6, 6.07) is 1.33. The second-order valence-electron chi connectivity index (χ2n) is 6.68. The van der Waals surface area contributed by atoms with Gasteiger partial charge in [0.1, 0.15) is 0 Å². The maximum atomic E-state index is 5.53. The van der Waals surface area contributed by atoms with E-state index in [2.05, 4.69) is 19.2 Å². The van der Waals surface area contributed by atoms with E-state index in [9.17, 15) is 0 Å². The highest BCUT2D eigenvalue weighted by atomic mass is 16.5. The van der Waals surface area contributed by atoms with Crippen LogP contribution in [0.25, 0.3) is 0 Å². The molecular weight excluding hydrogens is 210 g/mol. The largest absolute Gasteiger partial charge is 0.380 e. The predicted molar refractivity (Wildman–Crippen MR) is 69.9 cm³/mol. The maximum Gasteiger partial charge on any atom is 0.0616 e. The number of hydrogen-bond donors (Lipinski definition) is 1. The van der Waals surface area contributed by atoms with Crippen LogP contribution in [0, 0.1) is 23.7 Å². The van der Waals surface area contributed by atoms with Gasteiger partial charge >= 0.3 is 0 Å². The average Bonchev–Trinajstić information content (AvgIpc) is 2.30. The van der Waals surface area contributed by atoms with E-state index in [1.165, 1.54) is 25.7 Å². The first-order valence-electron chi connectivity index (χ1n) is 7.60. The first-order chi connectivity index (χ1) is 8.26. The summed E-state index contributed by atoms with van der Waals surface area (Å²) in [5.41, 5.74) is 0. The van der Waals surface area contributed by atoms with E-state index in [0.29, 0.717) is 6.04 Å². The van der Waals surface area contributed by atoms with Crippen molar-refractivity contribution in [1.82, 2.24) is 5.32 Å². The highest BCUT2D eigenvalue weighted by Gasteiger charge is 2.48. The van der Waals surface area contributed by atoms with Gasteiger partial charge in [0.05, 0.1) is 6.61 Å². The van der Waals surface area contributed by atoms with Crippen molar-refractivity contribution < 1.29 is 4.74 Å². The molecule has 4 fully saturated rings. The summed E-state index contributed by atoms with van der Waals surface area (Å²) in [4.78, 5) is 0. The molecular formula is C15H27NO. The van der Waals surface area contributed by atoms with E-state index in [0.717, 1.165) is 42.9 Å². The maximum absolute atomic E-state index is 5.53. The van der Waals surface area contributed by atoms with Crippen LogP contribution in [-0.4, -0.2) is 25.3 Å². The summed E-state index contributed by atoms with van der Waals surface area (Å²) in [7, 11) is 0. The van der Waals surface area contributed by atoms with Gasteiger partial charge in [-0.2, -0.15) is 0 Å². The monoisotopic (exact) mass is 237 g/mol. The summed E-state index contributed by atoms with van der Waals surface area (Å²) < 4.78 is 5.53. The van der Waals surface area contributed by atoms with Crippen molar-refractivity contribution in [3.05, 3.63) is 0 Å². The number of nitrogens with one attached hydrogen (secondary N) is 1. The van der Waals surface area contributed by atoms with Gasteiger partial charge in [0.15, 0.2) is 0 Å². The van der Waals surface area contributed by atoms with Crippen LogP contribution in [0.5, 0.6) is 0 Å². The van der Waals surface area contributed by atoms with Crippen molar-refractivity contribution in [2.45, 2.75) is 58.0 Å². The third-order valence-electron chi connectivity index (χ3n) is 5.28. The SMILES string of the molecule is CCOCC(C)NC1C2CC3CC(C2)CC1C3. The second kappa shape index (κ2) is 4.89. The van der Waals surface area contributed by atoms with Gasteiger partial charge in [-0.15, -0.1) is 0 Å². The fraction of sp³-hybridized carbons (Fsp3) is 1.00. The molecule has 0 radical (unpaired) electrons. The van der Waals surface area contributed by atoms with Crippen LogP contribution in [0.4, 0.5) is 0 Å². The van der Waals surface area contributed by atoms with Crippen molar-refractivity contribution in [2.24, 2.45) is 23.7 Å². The minimum Gasteiger partial charge on any atom is -0.380 e. The molecule has 0 aromatic rings. The molecule has 2 heteroatoms. The van der Waals surface area contributed by atoms with Crippen LogP contribution in [0.1, 0.15) is 46.0 Å². The highest BCUT2D eigenvalue weighted by Crippen LogP contribution is 2.53. The Kier molecular flexibility index (Phi) is 3.45. The molecule has 1 N–H and O–H groups in total. The lowest BCUT2D eigenvalue weighted by atomic mass is 9.54. The summed E-state index contributed by atoms with van der Waals surface area (Å²) in [5.74, 6) is 4.13. The van der Waals surface area contributed by atoms with Crippen molar-refractivity contribution in [1.29, 1.82) is 0 Å². The number of ether oxygens (including phenoxy) is 1. The van der Waals surface area contributed by atoms with E-state index in [1.807, 2.05) is 0 Å². The lowest BCUT2D eigenvalue weighted by Crippen LogP contribution is -2.56. The molecule has 0 spiro atoms. The zero-order valence-corrected chi connectivity index (χ0v) is 11.3. The van der Waals surface area contributed by atoms with Gasteiger partial charge in [-0.05, 0) is 69.6 Å². The standard InChI is InChI=1S/C15H27NO/c1-3-17-9-10(2)16-15-13-5-11-4-12(7-13)8-14(15)6-11/h10-16H,3-9H2,1-2H3. The van der Waals surface area contributed by atoms with Crippen molar-refractivity contribution in [3.8, 4) is 0 Å². The smallest absolute Gasteiger partial charge is 0.0616 e. The Bertz CT molecular complexity index is 238. The summed E-state index contributed by atoms with van der Waals surface area (Å²) in [6.07, 6.45) is 7.57. The molecule has 0 aromatic heterocycles. The molecule has 0 amide bonds. The fourth-order valence-electron chi connectivity index (χ4n) is 4.87. The van der Waals surface area contributed by atoms with Crippen LogP contribution in [0.3, 0.4) is 0 Å². The van der Waals surface area contributed by atoms with Gasteiger partial charge in [0.2, 0.25) is 0 Å². The molecule has 4 bridgehead atoms. The molecule has 0 saturated heterocycles. The minimum absolute atomic E-state index is 0.525. The molecule has 4 aliphatic rings. The van der Waals surface area contributed by atoms with E-state index in [4.69, 9.17) is 4.74 Å². The zero-order valence-electron chi connectivity index (χ0n) is 11.3. The molecule has 1 unspecified atom stereocenters. The van der Waals surface area contributed by atoms with Gasteiger partial charge in [-0.3, -0.25) is 0 Å². The molecule has 4 aliphatic carbocycles. The number of rotatable bonds is 5. The Labute approximate surface area is 105 Å². The quantitative estimate of drug-likeness (QED) is 0.794. The molecule has 4 saturated carbocycles. The molecule has 1 atom stereocenters. The van der Waals surface area contributed by atoms with Gasteiger partial charge < -0.3 is 10.1 Å². The molecule has 0 heterocycles. The van der Waals surface area contributed by atoms with E-state index >= 15 is 0 Å². The highest BCUT2D eigenvalue weighted by molar-refractivity contribution is 5.01. The molecule has 0 aliphatic heterocycles. The van der Waals surface area contributed by atoms with Crippen LogP contribution >= 0.6 is 0 Å². The van der Waals surface area contributed by atoms with Gasteiger partial charge in [-0.25, -0.2) is 0 Å². The first kappa shape index (κ1) is 12.0. The third kappa shape index (κ3) is 2.39.